The molecule has 23 heavy (non-hydrogen) atoms. The summed E-state index contributed by atoms with van der Waals surface area (Å²) in [6.07, 6.45) is 1.89. The van der Waals surface area contributed by atoms with Gasteiger partial charge in [-0.1, -0.05) is 18.2 Å². The monoisotopic (exact) mass is 315 g/mol. The fraction of sp³-hybridized carbons (Fsp3) is 0.471. The SMILES string of the molecule is O=c1c2ccccc2ccn1N1CCNCCNCCNCC1. The van der Waals surface area contributed by atoms with E-state index in [0.29, 0.717) is 0 Å². The Morgan fingerprint density at radius 1 is 0.783 bits per heavy atom. The molecule has 6 heteroatoms. The molecule has 0 amide bonds. The Labute approximate surface area is 136 Å². The Bertz CT molecular complexity index is 672. The van der Waals surface area contributed by atoms with Crippen molar-refractivity contribution in [3.05, 3.63) is 46.9 Å². The molecule has 2 aromatic rings. The summed E-state index contributed by atoms with van der Waals surface area (Å²) >= 11 is 0. The molecule has 0 saturated carbocycles. The van der Waals surface area contributed by atoms with Gasteiger partial charge in [0.25, 0.3) is 5.56 Å². The number of fused-ring (bicyclic) bond motifs is 1. The van der Waals surface area contributed by atoms with Crippen LogP contribution in [-0.2, 0) is 0 Å². The maximum Gasteiger partial charge on any atom is 0.276 e. The van der Waals surface area contributed by atoms with Crippen LogP contribution in [0.4, 0.5) is 0 Å². The first-order valence-electron chi connectivity index (χ1n) is 8.34. The van der Waals surface area contributed by atoms with Gasteiger partial charge in [0.05, 0.1) is 0 Å². The van der Waals surface area contributed by atoms with Crippen LogP contribution < -0.4 is 26.5 Å². The molecule has 3 rings (SSSR count). The zero-order chi connectivity index (χ0) is 15.9. The standard InChI is InChI=1S/C17H25N5O/c23-17-16-4-2-1-3-15(16)5-12-22(17)21-13-10-19-8-6-18-7-9-20-11-14-21/h1-5,12,18-20H,6-11,13-14H2. The molecule has 6 nitrogen and oxygen atoms in total. The van der Waals surface area contributed by atoms with Gasteiger partial charge in [-0.15, -0.1) is 0 Å². The van der Waals surface area contributed by atoms with Crippen LogP contribution in [0, 0.1) is 0 Å². The zero-order valence-corrected chi connectivity index (χ0v) is 13.4. The number of nitrogens with one attached hydrogen (secondary N) is 3. The largest absolute Gasteiger partial charge is 0.314 e. The molecule has 0 aliphatic carbocycles. The van der Waals surface area contributed by atoms with Crippen LogP contribution in [0.1, 0.15) is 0 Å². The minimum Gasteiger partial charge on any atom is -0.314 e. The highest BCUT2D eigenvalue weighted by Gasteiger charge is 2.10. The number of benzene rings is 1. The van der Waals surface area contributed by atoms with Crippen molar-refractivity contribution in [3.63, 3.8) is 0 Å². The molecule has 1 saturated heterocycles. The number of pyridine rings is 1. The summed E-state index contributed by atoms with van der Waals surface area (Å²) in [7, 11) is 0. The van der Waals surface area contributed by atoms with Crippen molar-refractivity contribution in [1.29, 1.82) is 0 Å². The quantitative estimate of drug-likeness (QED) is 0.676. The minimum absolute atomic E-state index is 0.0526. The second-order valence-corrected chi connectivity index (χ2v) is 5.76. The first-order valence-corrected chi connectivity index (χ1v) is 8.34. The predicted octanol–water partition coefficient (Wildman–Crippen LogP) is -0.278. The van der Waals surface area contributed by atoms with Crippen molar-refractivity contribution in [2.45, 2.75) is 0 Å². The molecule has 3 N–H and O–H groups in total. The molecule has 1 aromatic carbocycles. The lowest BCUT2D eigenvalue weighted by molar-refractivity contribution is 0.501. The Morgan fingerprint density at radius 3 is 2.09 bits per heavy atom. The average molecular weight is 315 g/mol. The smallest absolute Gasteiger partial charge is 0.276 e. The van der Waals surface area contributed by atoms with Gasteiger partial charge in [-0.05, 0) is 17.5 Å². The summed E-state index contributed by atoms with van der Waals surface area (Å²) in [6.45, 7) is 7.16. The van der Waals surface area contributed by atoms with E-state index >= 15 is 0 Å². The van der Waals surface area contributed by atoms with Crippen LogP contribution >= 0.6 is 0 Å². The third kappa shape index (κ3) is 4.10. The van der Waals surface area contributed by atoms with Crippen molar-refractivity contribution in [2.75, 3.05) is 57.4 Å². The van der Waals surface area contributed by atoms with Gasteiger partial charge in [-0.3, -0.25) is 4.79 Å². The zero-order valence-electron chi connectivity index (χ0n) is 13.4. The van der Waals surface area contributed by atoms with E-state index in [4.69, 9.17) is 0 Å². The van der Waals surface area contributed by atoms with Crippen LogP contribution in [0.25, 0.3) is 10.8 Å². The highest BCUT2D eigenvalue weighted by molar-refractivity contribution is 5.81. The molecular weight excluding hydrogens is 290 g/mol. The van der Waals surface area contributed by atoms with Crippen molar-refractivity contribution in [2.24, 2.45) is 0 Å². The van der Waals surface area contributed by atoms with Crippen molar-refractivity contribution < 1.29 is 0 Å². The Kier molecular flexibility index (Phi) is 5.63. The van der Waals surface area contributed by atoms with Crippen LogP contribution in [-0.4, -0.2) is 57.0 Å². The molecule has 0 spiro atoms. The van der Waals surface area contributed by atoms with Gasteiger partial charge in [-0.25, -0.2) is 4.68 Å². The third-order valence-corrected chi connectivity index (χ3v) is 4.15. The highest BCUT2D eigenvalue weighted by Crippen LogP contribution is 2.08. The summed E-state index contributed by atoms with van der Waals surface area (Å²) in [5.74, 6) is 0. The summed E-state index contributed by atoms with van der Waals surface area (Å²) in [5, 5.41) is 14.1. The molecule has 2 heterocycles. The Hall–Kier alpha value is -1.89. The second-order valence-electron chi connectivity index (χ2n) is 5.76. The number of rotatable bonds is 1. The molecule has 0 atom stereocenters. The van der Waals surface area contributed by atoms with Gasteiger partial charge in [0, 0.05) is 63.9 Å². The summed E-state index contributed by atoms with van der Waals surface area (Å²) < 4.78 is 1.76. The highest BCUT2D eigenvalue weighted by atomic mass is 16.1. The predicted molar refractivity (Wildman–Crippen MR) is 94.8 cm³/mol. The Morgan fingerprint density at radius 2 is 1.39 bits per heavy atom. The first kappa shape index (κ1) is 16.0. The average Bonchev–Trinajstić information content (AvgIpc) is 2.57. The second kappa shape index (κ2) is 8.10. The molecule has 1 aromatic heterocycles. The van der Waals surface area contributed by atoms with E-state index in [0.717, 1.165) is 63.1 Å². The fourth-order valence-electron chi connectivity index (χ4n) is 2.87. The number of aromatic nitrogens is 1. The van der Waals surface area contributed by atoms with E-state index in [2.05, 4.69) is 21.0 Å². The molecule has 1 aliphatic heterocycles. The molecular formula is C17H25N5O. The molecule has 0 radical (unpaired) electrons. The number of hydrogen-bond acceptors (Lipinski definition) is 5. The van der Waals surface area contributed by atoms with Gasteiger partial charge >= 0.3 is 0 Å². The summed E-state index contributed by atoms with van der Waals surface area (Å²) in [6, 6.07) is 9.77. The van der Waals surface area contributed by atoms with Crippen LogP contribution in [0.5, 0.6) is 0 Å². The van der Waals surface area contributed by atoms with Crippen molar-refractivity contribution in [1.82, 2.24) is 20.6 Å². The topological polar surface area (TPSA) is 61.3 Å². The molecule has 124 valence electrons. The van der Waals surface area contributed by atoms with Gasteiger partial charge in [-0.2, -0.15) is 0 Å². The number of hydrogen-bond donors (Lipinski definition) is 3. The van der Waals surface area contributed by atoms with E-state index in [-0.39, 0.29) is 5.56 Å². The maximum absolute atomic E-state index is 12.8. The van der Waals surface area contributed by atoms with Gasteiger partial charge in [0.15, 0.2) is 0 Å². The van der Waals surface area contributed by atoms with Crippen LogP contribution in [0.2, 0.25) is 0 Å². The first-order chi connectivity index (χ1) is 11.4. The third-order valence-electron chi connectivity index (χ3n) is 4.15. The summed E-state index contributed by atoms with van der Waals surface area (Å²) in [5.41, 5.74) is 0.0526. The molecule has 0 unspecified atom stereocenters. The molecule has 1 fully saturated rings. The normalized spacial score (nSPS) is 18.3. The van der Waals surface area contributed by atoms with E-state index < -0.39 is 0 Å². The molecule has 0 bridgehead atoms. The molecule has 1 aliphatic rings. The Balaban J connectivity index is 1.81. The van der Waals surface area contributed by atoms with Crippen LogP contribution in [0.3, 0.4) is 0 Å². The van der Waals surface area contributed by atoms with Gasteiger partial charge < -0.3 is 21.0 Å². The lowest BCUT2D eigenvalue weighted by Crippen LogP contribution is -2.49. The van der Waals surface area contributed by atoms with E-state index in [1.165, 1.54) is 0 Å². The minimum atomic E-state index is 0.0526. The van der Waals surface area contributed by atoms with Crippen molar-refractivity contribution >= 4 is 10.8 Å². The number of nitrogens with zero attached hydrogens (tertiary/aromatic N) is 2. The van der Waals surface area contributed by atoms with E-state index in [1.54, 1.807) is 4.68 Å². The van der Waals surface area contributed by atoms with E-state index in [9.17, 15) is 4.79 Å². The van der Waals surface area contributed by atoms with Gasteiger partial charge in [0.1, 0.15) is 0 Å². The maximum atomic E-state index is 12.8. The van der Waals surface area contributed by atoms with Crippen molar-refractivity contribution in [3.8, 4) is 0 Å². The van der Waals surface area contributed by atoms with Gasteiger partial charge in [0.2, 0.25) is 0 Å². The lowest BCUT2D eigenvalue weighted by Gasteiger charge is -2.27. The lowest BCUT2D eigenvalue weighted by atomic mass is 10.2. The fourth-order valence-corrected chi connectivity index (χ4v) is 2.87. The van der Waals surface area contributed by atoms with Crippen LogP contribution in [0.15, 0.2) is 41.3 Å². The van der Waals surface area contributed by atoms with E-state index in [1.807, 2.05) is 36.5 Å². The summed E-state index contributed by atoms with van der Waals surface area (Å²) in [4.78, 5) is 12.8.